The monoisotopic (exact) mass is 766 g/mol. The molecule has 2 bridgehead atoms. The zero-order valence-electron chi connectivity index (χ0n) is 31.9. The highest BCUT2D eigenvalue weighted by Gasteiger charge is 2.39. The lowest BCUT2D eigenvalue weighted by molar-refractivity contribution is -0.156. The summed E-state index contributed by atoms with van der Waals surface area (Å²) >= 11 is 0. The molecule has 2 aliphatic rings. The fourth-order valence-corrected chi connectivity index (χ4v) is 6.25. The van der Waals surface area contributed by atoms with Crippen molar-refractivity contribution in [2.45, 2.75) is 103 Å². The molecule has 0 aromatic heterocycles. The first kappa shape index (κ1) is 44.3. The Morgan fingerprint density at radius 3 is 2.44 bits per heavy atom. The number of carboxylic acids is 1. The Morgan fingerprint density at radius 1 is 1.05 bits per heavy atom. The van der Waals surface area contributed by atoms with Crippen molar-refractivity contribution in [1.29, 1.82) is 0 Å². The second-order valence-corrected chi connectivity index (χ2v) is 14.4. The molecule has 1 aromatic rings. The number of aliphatic hydroxyl groups is 2. The number of esters is 1. The van der Waals surface area contributed by atoms with E-state index in [0.29, 0.717) is 18.4 Å². The van der Waals surface area contributed by atoms with Crippen LogP contribution in [0.15, 0.2) is 72.4 Å². The Kier molecular flexibility index (Phi) is 17.0. The van der Waals surface area contributed by atoms with Gasteiger partial charge in [0.1, 0.15) is 35.8 Å². The maximum atomic E-state index is 14.2. The van der Waals surface area contributed by atoms with Crippen molar-refractivity contribution in [3.8, 4) is 5.75 Å². The number of fused-ring (bicyclic) bond motifs is 2. The molecule has 0 aliphatic carbocycles. The van der Waals surface area contributed by atoms with Crippen LogP contribution >= 0.6 is 0 Å². The summed E-state index contributed by atoms with van der Waals surface area (Å²) in [5.41, 5.74) is 3.67. The number of nitrogens with zero attached hydrogens (tertiary/aromatic N) is 1. The van der Waals surface area contributed by atoms with E-state index in [2.05, 4.69) is 16.1 Å². The minimum atomic E-state index is -1.44. The van der Waals surface area contributed by atoms with Gasteiger partial charge in [-0.1, -0.05) is 69.4 Å². The van der Waals surface area contributed by atoms with E-state index in [1.165, 1.54) is 60.5 Å². The molecular weight excluding hydrogens is 712 g/mol. The number of carbonyl (C=O) groups is 6. The van der Waals surface area contributed by atoms with Gasteiger partial charge in [0.2, 0.25) is 11.8 Å². The summed E-state index contributed by atoms with van der Waals surface area (Å²) < 4.78 is 5.89. The average Bonchev–Trinajstić information content (AvgIpc) is 3.13. The van der Waals surface area contributed by atoms with E-state index in [9.17, 15) is 44.1 Å². The number of ether oxygens (including phenoxy) is 1. The predicted molar refractivity (Wildman–Crippen MR) is 202 cm³/mol. The molecule has 2 unspecified atom stereocenters. The van der Waals surface area contributed by atoms with Crippen LogP contribution in [0.25, 0.3) is 0 Å². The van der Waals surface area contributed by atoms with Gasteiger partial charge < -0.3 is 40.6 Å². The number of amides is 3. The number of aromatic hydroxyl groups is 1. The number of carboxylic acid groups (broad SMARTS) is 1. The lowest BCUT2D eigenvalue weighted by Crippen LogP contribution is -2.59. The molecule has 0 radical (unpaired) electrons. The van der Waals surface area contributed by atoms with E-state index in [4.69, 9.17) is 9.84 Å². The molecule has 8 atom stereocenters. The number of phenols is 1. The molecule has 2 heterocycles. The van der Waals surface area contributed by atoms with Crippen LogP contribution in [0.4, 0.5) is 0 Å². The van der Waals surface area contributed by atoms with Gasteiger partial charge in [-0.25, -0.2) is 10.2 Å². The molecule has 15 nitrogen and oxygen atoms in total. The third-order valence-electron chi connectivity index (χ3n) is 9.62. The normalized spacial score (nSPS) is 29.4. The number of cyclic esters (lactones) is 1. The van der Waals surface area contributed by atoms with Crippen LogP contribution in [0.5, 0.6) is 5.75 Å². The van der Waals surface area contributed by atoms with Crippen LogP contribution in [0, 0.1) is 17.8 Å². The summed E-state index contributed by atoms with van der Waals surface area (Å²) in [5, 5.41) is 48.3. The van der Waals surface area contributed by atoms with Crippen LogP contribution in [-0.2, 0) is 33.5 Å². The lowest BCUT2D eigenvalue weighted by Gasteiger charge is -2.36. The quantitative estimate of drug-likeness (QED) is 0.115. The maximum absolute atomic E-state index is 14.2. The largest absolute Gasteiger partial charge is 0.508 e. The molecule has 55 heavy (non-hydrogen) atoms. The molecule has 1 aromatic carbocycles. The second kappa shape index (κ2) is 21.1. The number of aliphatic hydroxyl groups excluding tert-OH is 2. The zero-order valence-corrected chi connectivity index (χ0v) is 31.9. The number of carbonyl (C=O) groups excluding carboxylic acids is 5. The van der Waals surface area contributed by atoms with Gasteiger partial charge in [-0.2, -0.15) is 0 Å². The standard InChI is InChI=1S/C40H54N4O11/c1-23(2)34-38(52)42-35(27-13-10-14-28(46)22-27)39(53)44-21-11-15-30(43-44)40(54)55-32(24(3)12-9-18-33(48)49)17-8-6-7-16-31(47)26(5)36(50)29(37(51)41-34)20-19-25(4)45/h6-10,12-14,16,18,22-23,26,29-32,34-36,43,46-47,50H,11,15,17,19-21H2,1-5H3,(H,41,51)(H,42,52)(H,48,49)/b8-6+,16-7+,18-9+,24-12+/t26-,29+,30?,31-,32-,34-,35?,36+/m0/s1. The molecule has 300 valence electrons. The number of allylic oxidation sites excluding steroid dienone is 4. The molecule has 3 rings (SSSR count). The lowest BCUT2D eigenvalue weighted by atomic mass is 9.84. The average molecular weight is 767 g/mol. The third kappa shape index (κ3) is 13.3. The number of hydrogen-bond donors (Lipinski definition) is 7. The topological polar surface area (TPSA) is 232 Å². The highest BCUT2D eigenvalue weighted by Crippen LogP contribution is 2.26. The van der Waals surface area contributed by atoms with Gasteiger partial charge in [0.25, 0.3) is 5.91 Å². The summed E-state index contributed by atoms with van der Waals surface area (Å²) in [4.78, 5) is 78.6. The van der Waals surface area contributed by atoms with E-state index >= 15 is 0 Å². The van der Waals surface area contributed by atoms with Crippen molar-refractivity contribution in [3.63, 3.8) is 0 Å². The number of nitrogens with one attached hydrogen (secondary N) is 3. The molecule has 0 spiro atoms. The van der Waals surface area contributed by atoms with E-state index in [1.54, 1.807) is 39.8 Å². The number of rotatable bonds is 8. The number of phenolic OH excluding ortho intramolecular Hbond substituents is 1. The summed E-state index contributed by atoms with van der Waals surface area (Å²) in [7, 11) is 0. The fraction of sp³-hybridized carbons (Fsp3) is 0.500. The summed E-state index contributed by atoms with van der Waals surface area (Å²) in [6.45, 7) is 8.09. The molecule has 15 heteroatoms. The van der Waals surface area contributed by atoms with Crippen molar-refractivity contribution < 1.29 is 53.9 Å². The Bertz CT molecular complexity index is 1670. The maximum Gasteiger partial charge on any atom is 0.328 e. The van der Waals surface area contributed by atoms with Crippen molar-refractivity contribution in [2.75, 3.05) is 6.54 Å². The summed E-state index contributed by atoms with van der Waals surface area (Å²) in [5.74, 6) is -6.97. The Balaban J connectivity index is 2.10. The highest BCUT2D eigenvalue weighted by atomic mass is 16.5. The Labute approximate surface area is 321 Å². The van der Waals surface area contributed by atoms with Gasteiger partial charge in [0.15, 0.2) is 0 Å². The molecule has 2 aliphatic heterocycles. The van der Waals surface area contributed by atoms with E-state index in [1.807, 2.05) is 0 Å². The minimum absolute atomic E-state index is 0.0430. The number of aliphatic carboxylic acids is 1. The van der Waals surface area contributed by atoms with Gasteiger partial charge in [0, 0.05) is 31.4 Å². The number of benzene rings is 1. The fourth-order valence-electron chi connectivity index (χ4n) is 6.25. The first-order chi connectivity index (χ1) is 26.0. The number of ketones is 1. The minimum Gasteiger partial charge on any atom is -0.508 e. The number of Topliss-reactive ketones (excluding diaryl/α,β-unsaturated/α-hetero) is 1. The van der Waals surface area contributed by atoms with Gasteiger partial charge in [0.05, 0.1) is 18.1 Å². The third-order valence-corrected chi connectivity index (χ3v) is 9.62. The summed E-state index contributed by atoms with van der Waals surface area (Å²) in [6, 6.07) is 2.17. The first-order valence-corrected chi connectivity index (χ1v) is 18.4. The highest BCUT2D eigenvalue weighted by molar-refractivity contribution is 5.93. The van der Waals surface area contributed by atoms with Crippen LogP contribution < -0.4 is 16.1 Å². The predicted octanol–water partition coefficient (Wildman–Crippen LogP) is 2.54. The van der Waals surface area contributed by atoms with Crippen LogP contribution in [0.1, 0.15) is 78.3 Å². The smallest absolute Gasteiger partial charge is 0.328 e. The van der Waals surface area contributed by atoms with Gasteiger partial charge in [-0.3, -0.25) is 24.2 Å². The number of hydrazine groups is 1. The first-order valence-electron chi connectivity index (χ1n) is 18.4. The van der Waals surface area contributed by atoms with Crippen LogP contribution in [0.2, 0.25) is 0 Å². The zero-order chi connectivity index (χ0) is 40.8. The Morgan fingerprint density at radius 2 is 1.78 bits per heavy atom. The van der Waals surface area contributed by atoms with Crippen molar-refractivity contribution in [3.05, 3.63) is 77.9 Å². The Hall–Kier alpha value is -5.12. The van der Waals surface area contributed by atoms with Gasteiger partial charge in [-0.05, 0) is 62.3 Å². The van der Waals surface area contributed by atoms with Crippen molar-refractivity contribution >= 4 is 35.4 Å². The molecule has 7 N–H and O–H groups in total. The molecule has 3 amide bonds. The van der Waals surface area contributed by atoms with Crippen molar-refractivity contribution in [2.24, 2.45) is 17.8 Å². The number of hydrogen-bond acceptors (Lipinski definition) is 11. The van der Waals surface area contributed by atoms with Gasteiger partial charge in [-0.15, -0.1) is 0 Å². The van der Waals surface area contributed by atoms with E-state index in [0.717, 1.165) is 6.08 Å². The molecule has 1 saturated heterocycles. The second-order valence-electron chi connectivity index (χ2n) is 14.4. The SMILES string of the molecule is CC(=O)CC[C@H]1C(=O)N[C@@H](C(C)C)C(=O)NC(c2cccc(O)c2)C(=O)N2CCCC(N2)C(=O)O[C@H](/C(C)=C/C=C/C(=O)O)C/C=C/C=C/[C@H](O)[C@H](C)[C@H]1O. The molecular formula is C40H54N4O11. The van der Waals surface area contributed by atoms with Gasteiger partial charge >= 0.3 is 11.9 Å². The van der Waals surface area contributed by atoms with Crippen LogP contribution in [0.3, 0.4) is 0 Å². The van der Waals surface area contributed by atoms with Crippen molar-refractivity contribution in [1.82, 2.24) is 21.1 Å². The molecule has 0 saturated carbocycles. The van der Waals surface area contributed by atoms with E-state index < -0.39 is 83.9 Å². The van der Waals surface area contributed by atoms with E-state index in [-0.39, 0.29) is 42.9 Å². The van der Waals surface area contributed by atoms with Crippen LogP contribution in [-0.4, -0.2) is 97.8 Å². The summed E-state index contributed by atoms with van der Waals surface area (Å²) in [6.07, 6.45) is 7.19. The molecule has 1 fully saturated rings.